The molecule has 0 radical (unpaired) electrons. The standard InChI is InChI=1S/C17H17N3OS/c1-2-3-4-12-5-10-15(18-11-12)17-20-19-16(22-17)13-6-8-14(21)9-7-13/h5-11,21H,2-4H2,1H3. The zero-order chi connectivity index (χ0) is 15.4. The average Bonchev–Trinajstić information content (AvgIpc) is 3.04. The van der Waals surface area contributed by atoms with Crippen LogP contribution >= 0.6 is 11.3 Å². The predicted octanol–water partition coefficient (Wildman–Crippen LogP) is 4.32. The molecule has 0 aliphatic heterocycles. The van der Waals surface area contributed by atoms with Crippen molar-refractivity contribution in [2.75, 3.05) is 0 Å². The molecule has 0 aliphatic carbocycles. The molecule has 112 valence electrons. The highest BCUT2D eigenvalue weighted by molar-refractivity contribution is 7.17. The number of rotatable bonds is 5. The smallest absolute Gasteiger partial charge is 0.166 e. The second-order valence-electron chi connectivity index (χ2n) is 5.11. The first kappa shape index (κ1) is 14.7. The average molecular weight is 311 g/mol. The molecule has 0 saturated carbocycles. The Morgan fingerprint density at radius 3 is 2.45 bits per heavy atom. The largest absolute Gasteiger partial charge is 0.508 e. The Hall–Kier alpha value is -2.27. The van der Waals surface area contributed by atoms with Gasteiger partial charge in [0.2, 0.25) is 0 Å². The highest BCUT2D eigenvalue weighted by Crippen LogP contribution is 2.29. The van der Waals surface area contributed by atoms with E-state index in [1.165, 1.54) is 29.7 Å². The molecule has 22 heavy (non-hydrogen) atoms. The summed E-state index contributed by atoms with van der Waals surface area (Å²) in [6.07, 6.45) is 5.37. The van der Waals surface area contributed by atoms with Gasteiger partial charge in [0.1, 0.15) is 16.5 Å². The van der Waals surface area contributed by atoms with Crippen LogP contribution in [-0.2, 0) is 6.42 Å². The van der Waals surface area contributed by atoms with Crippen LogP contribution in [-0.4, -0.2) is 20.3 Å². The van der Waals surface area contributed by atoms with E-state index in [1.54, 1.807) is 12.1 Å². The first-order valence-electron chi connectivity index (χ1n) is 7.34. The van der Waals surface area contributed by atoms with Crippen molar-refractivity contribution in [3.05, 3.63) is 48.2 Å². The second kappa shape index (κ2) is 6.66. The van der Waals surface area contributed by atoms with Crippen LogP contribution < -0.4 is 0 Å². The van der Waals surface area contributed by atoms with Gasteiger partial charge >= 0.3 is 0 Å². The maximum Gasteiger partial charge on any atom is 0.166 e. The fourth-order valence-electron chi connectivity index (χ4n) is 2.13. The molecule has 0 saturated heterocycles. The molecule has 0 fully saturated rings. The lowest BCUT2D eigenvalue weighted by molar-refractivity contribution is 0.475. The number of hydrogen-bond acceptors (Lipinski definition) is 5. The Kier molecular flexibility index (Phi) is 4.44. The van der Waals surface area contributed by atoms with Gasteiger partial charge in [-0.25, -0.2) is 0 Å². The van der Waals surface area contributed by atoms with Gasteiger partial charge in [-0.1, -0.05) is 30.7 Å². The van der Waals surface area contributed by atoms with E-state index in [9.17, 15) is 5.11 Å². The SMILES string of the molecule is CCCCc1ccc(-c2nnc(-c3ccc(O)cc3)s2)nc1. The number of hydrogen-bond donors (Lipinski definition) is 1. The van der Waals surface area contributed by atoms with Crippen molar-refractivity contribution in [1.29, 1.82) is 0 Å². The van der Waals surface area contributed by atoms with E-state index in [1.807, 2.05) is 24.4 Å². The quantitative estimate of drug-likeness (QED) is 0.762. The van der Waals surface area contributed by atoms with Crippen LogP contribution in [0.4, 0.5) is 0 Å². The van der Waals surface area contributed by atoms with Crippen LogP contribution in [0.5, 0.6) is 5.75 Å². The number of phenols is 1. The maximum absolute atomic E-state index is 9.33. The summed E-state index contributed by atoms with van der Waals surface area (Å²) in [5, 5.41) is 19.4. The monoisotopic (exact) mass is 311 g/mol. The summed E-state index contributed by atoms with van der Waals surface area (Å²) in [6.45, 7) is 2.19. The zero-order valence-corrected chi connectivity index (χ0v) is 13.2. The summed E-state index contributed by atoms with van der Waals surface area (Å²) in [6, 6.07) is 11.1. The minimum Gasteiger partial charge on any atom is -0.508 e. The van der Waals surface area contributed by atoms with Gasteiger partial charge in [-0.15, -0.1) is 10.2 Å². The van der Waals surface area contributed by atoms with Crippen molar-refractivity contribution in [2.24, 2.45) is 0 Å². The van der Waals surface area contributed by atoms with Crippen LogP contribution in [0.3, 0.4) is 0 Å². The van der Waals surface area contributed by atoms with E-state index in [0.29, 0.717) is 0 Å². The van der Waals surface area contributed by atoms with Crippen molar-refractivity contribution in [3.8, 4) is 27.0 Å². The molecule has 2 aromatic heterocycles. The fraction of sp³-hybridized carbons (Fsp3) is 0.235. The maximum atomic E-state index is 9.33. The van der Waals surface area contributed by atoms with Gasteiger partial charge in [-0.3, -0.25) is 4.98 Å². The van der Waals surface area contributed by atoms with Gasteiger partial charge in [-0.05, 0) is 48.7 Å². The summed E-state index contributed by atoms with van der Waals surface area (Å²) < 4.78 is 0. The number of aryl methyl sites for hydroxylation is 1. The molecule has 0 spiro atoms. The van der Waals surface area contributed by atoms with Gasteiger partial charge in [0.15, 0.2) is 5.01 Å². The number of aromatic hydroxyl groups is 1. The number of pyridine rings is 1. The third kappa shape index (κ3) is 3.31. The molecule has 0 unspecified atom stereocenters. The fourth-order valence-corrected chi connectivity index (χ4v) is 2.95. The molecule has 0 bridgehead atoms. The summed E-state index contributed by atoms with van der Waals surface area (Å²) in [5.74, 6) is 0.248. The molecule has 1 aromatic carbocycles. The third-order valence-corrected chi connectivity index (χ3v) is 4.40. The highest BCUT2D eigenvalue weighted by atomic mass is 32.1. The lowest BCUT2D eigenvalue weighted by Gasteiger charge is -2.00. The summed E-state index contributed by atoms with van der Waals surface area (Å²) in [7, 11) is 0. The van der Waals surface area contributed by atoms with Crippen LogP contribution in [0.15, 0.2) is 42.6 Å². The molecule has 0 aliphatic rings. The molecule has 4 nitrogen and oxygen atoms in total. The second-order valence-corrected chi connectivity index (χ2v) is 6.09. The topological polar surface area (TPSA) is 58.9 Å². The third-order valence-electron chi connectivity index (χ3n) is 3.40. The van der Waals surface area contributed by atoms with Gasteiger partial charge in [-0.2, -0.15) is 0 Å². The molecule has 1 N–H and O–H groups in total. The molecule has 0 atom stereocenters. The predicted molar refractivity (Wildman–Crippen MR) is 88.9 cm³/mol. The minimum absolute atomic E-state index is 0.248. The molecular weight excluding hydrogens is 294 g/mol. The van der Waals surface area contributed by atoms with E-state index < -0.39 is 0 Å². The summed E-state index contributed by atoms with van der Waals surface area (Å²) in [4.78, 5) is 4.49. The minimum atomic E-state index is 0.248. The van der Waals surface area contributed by atoms with Crippen molar-refractivity contribution < 1.29 is 5.11 Å². The molecular formula is C17H17N3OS. The number of phenolic OH excluding ortho intramolecular Hbond substituents is 1. The van der Waals surface area contributed by atoms with Crippen molar-refractivity contribution in [1.82, 2.24) is 15.2 Å². The van der Waals surface area contributed by atoms with E-state index in [0.717, 1.165) is 27.7 Å². The van der Waals surface area contributed by atoms with E-state index in [2.05, 4.69) is 28.2 Å². The lowest BCUT2D eigenvalue weighted by Crippen LogP contribution is -1.88. The highest BCUT2D eigenvalue weighted by Gasteiger charge is 2.09. The molecule has 5 heteroatoms. The number of nitrogens with zero attached hydrogens (tertiary/aromatic N) is 3. The van der Waals surface area contributed by atoms with Crippen LogP contribution in [0, 0.1) is 0 Å². The van der Waals surface area contributed by atoms with Crippen molar-refractivity contribution in [2.45, 2.75) is 26.2 Å². The van der Waals surface area contributed by atoms with E-state index in [4.69, 9.17) is 0 Å². The molecule has 0 amide bonds. The molecule has 3 aromatic rings. The Balaban J connectivity index is 1.79. The molecule has 3 rings (SSSR count). The van der Waals surface area contributed by atoms with Gasteiger partial charge in [0, 0.05) is 11.8 Å². The first-order chi connectivity index (χ1) is 10.8. The molecule has 2 heterocycles. The summed E-state index contributed by atoms with van der Waals surface area (Å²) in [5.41, 5.74) is 3.05. The van der Waals surface area contributed by atoms with E-state index in [-0.39, 0.29) is 5.75 Å². The van der Waals surface area contributed by atoms with Crippen LogP contribution in [0.25, 0.3) is 21.3 Å². The zero-order valence-electron chi connectivity index (χ0n) is 12.4. The van der Waals surface area contributed by atoms with Gasteiger partial charge in [0.05, 0.1) is 0 Å². The Bertz CT molecular complexity index is 735. The first-order valence-corrected chi connectivity index (χ1v) is 8.16. The van der Waals surface area contributed by atoms with Crippen molar-refractivity contribution >= 4 is 11.3 Å². The Morgan fingerprint density at radius 1 is 1.00 bits per heavy atom. The van der Waals surface area contributed by atoms with Gasteiger partial charge in [0.25, 0.3) is 0 Å². The summed E-state index contributed by atoms with van der Waals surface area (Å²) >= 11 is 1.50. The van der Waals surface area contributed by atoms with Gasteiger partial charge < -0.3 is 5.11 Å². The van der Waals surface area contributed by atoms with E-state index >= 15 is 0 Å². The van der Waals surface area contributed by atoms with Crippen molar-refractivity contribution in [3.63, 3.8) is 0 Å². The number of benzene rings is 1. The number of aromatic nitrogens is 3. The Morgan fingerprint density at radius 2 is 1.77 bits per heavy atom. The number of unbranched alkanes of at least 4 members (excludes halogenated alkanes) is 1. The van der Waals surface area contributed by atoms with Crippen LogP contribution in [0.2, 0.25) is 0 Å². The Labute approximate surface area is 133 Å². The van der Waals surface area contributed by atoms with Crippen LogP contribution in [0.1, 0.15) is 25.3 Å². The normalized spacial score (nSPS) is 10.8. The lowest BCUT2D eigenvalue weighted by atomic mass is 10.1.